The van der Waals surface area contributed by atoms with Crippen molar-refractivity contribution in [3.05, 3.63) is 17.8 Å². The van der Waals surface area contributed by atoms with Crippen molar-refractivity contribution in [3.63, 3.8) is 0 Å². The van der Waals surface area contributed by atoms with Gasteiger partial charge in [-0.3, -0.25) is 0 Å². The molecule has 0 unspecified atom stereocenters. The minimum absolute atomic E-state index is 0.297. The van der Waals surface area contributed by atoms with Crippen LogP contribution in [-0.4, -0.2) is 24.8 Å². The first-order valence-corrected chi connectivity index (χ1v) is 6.97. The van der Waals surface area contributed by atoms with Crippen molar-refractivity contribution in [1.82, 2.24) is 10.1 Å². The lowest BCUT2D eigenvalue weighted by Crippen LogP contribution is -2.20. The second kappa shape index (κ2) is 3.41. The lowest BCUT2D eigenvalue weighted by molar-refractivity contribution is 0.398. The fourth-order valence-electron chi connectivity index (χ4n) is 1.57. The van der Waals surface area contributed by atoms with Crippen LogP contribution in [0.25, 0.3) is 5.57 Å². The first kappa shape index (κ1) is 11.3. The summed E-state index contributed by atoms with van der Waals surface area (Å²) in [4.78, 5) is 4.16. The molecule has 0 spiro atoms. The zero-order chi connectivity index (χ0) is 12.0. The third-order valence-electron chi connectivity index (χ3n) is 3.02. The van der Waals surface area contributed by atoms with E-state index in [9.17, 15) is 8.42 Å². The topological polar surface area (TPSA) is 73.1 Å². The maximum Gasteiger partial charge on any atom is 0.253 e. The average molecular weight is 242 g/mol. The molecule has 0 aliphatic heterocycles. The minimum atomic E-state index is -3.17. The van der Waals surface area contributed by atoms with Gasteiger partial charge in [0.2, 0.25) is 0 Å². The van der Waals surface area contributed by atoms with E-state index in [0.717, 1.165) is 5.57 Å². The number of hydrogen-bond donors (Lipinski definition) is 0. The number of aromatic nitrogens is 2. The van der Waals surface area contributed by atoms with Crippen molar-refractivity contribution in [3.8, 4) is 0 Å². The van der Waals surface area contributed by atoms with Gasteiger partial charge in [0.15, 0.2) is 15.7 Å². The van der Waals surface area contributed by atoms with Crippen LogP contribution in [0.15, 0.2) is 10.6 Å². The predicted octanol–water partition coefficient (Wildman–Crippen LogP) is 1.53. The fourth-order valence-corrected chi connectivity index (χ4v) is 2.82. The Morgan fingerprint density at radius 1 is 1.50 bits per heavy atom. The summed E-state index contributed by atoms with van der Waals surface area (Å²) in [6, 6.07) is 0. The SMILES string of the molecule is CC=C(C)c1nc(C2(S(C)(=O)=O)CC2)no1. The van der Waals surface area contributed by atoms with E-state index in [1.807, 2.05) is 19.9 Å². The average Bonchev–Trinajstić information content (AvgIpc) is 2.90. The molecule has 0 saturated heterocycles. The van der Waals surface area contributed by atoms with Crippen molar-refractivity contribution in [1.29, 1.82) is 0 Å². The summed E-state index contributed by atoms with van der Waals surface area (Å²) in [5.41, 5.74) is 0.850. The van der Waals surface area contributed by atoms with Gasteiger partial charge in [-0.15, -0.1) is 0 Å². The Kier molecular flexibility index (Phi) is 2.41. The van der Waals surface area contributed by atoms with Crippen LogP contribution in [0.4, 0.5) is 0 Å². The Morgan fingerprint density at radius 3 is 2.56 bits per heavy atom. The van der Waals surface area contributed by atoms with Gasteiger partial charge in [-0.1, -0.05) is 11.2 Å². The van der Waals surface area contributed by atoms with Crippen LogP contribution in [0.2, 0.25) is 0 Å². The molecule has 0 bridgehead atoms. The predicted molar refractivity (Wildman–Crippen MR) is 59.4 cm³/mol. The van der Waals surface area contributed by atoms with Gasteiger partial charge in [-0.2, -0.15) is 4.98 Å². The first-order valence-electron chi connectivity index (χ1n) is 5.08. The summed E-state index contributed by atoms with van der Waals surface area (Å²) in [6.45, 7) is 3.71. The first-order chi connectivity index (χ1) is 7.40. The lowest BCUT2D eigenvalue weighted by atomic mass is 10.3. The molecule has 0 atom stereocenters. The van der Waals surface area contributed by atoms with Gasteiger partial charge in [0, 0.05) is 11.8 Å². The van der Waals surface area contributed by atoms with Crippen LogP contribution in [-0.2, 0) is 14.6 Å². The molecule has 1 aromatic heterocycles. The van der Waals surface area contributed by atoms with Crippen LogP contribution in [0, 0.1) is 0 Å². The molecular weight excluding hydrogens is 228 g/mol. The van der Waals surface area contributed by atoms with Crippen LogP contribution in [0.1, 0.15) is 38.4 Å². The Hall–Kier alpha value is -1.17. The summed E-state index contributed by atoms with van der Waals surface area (Å²) in [7, 11) is -3.17. The third kappa shape index (κ3) is 1.57. The van der Waals surface area contributed by atoms with Gasteiger partial charge in [0.1, 0.15) is 4.75 Å². The van der Waals surface area contributed by atoms with Gasteiger partial charge in [0.05, 0.1) is 0 Å². The molecule has 1 heterocycles. The van der Waals surface area contributed by atoms with Crippen LogP contribution in [0.5, 0.6) is 0 Å². The normalized spacial score (nSPS) is 19.8. The van der Waals surface area contributed by atoms with Gasteiger partial charge < -0.3 is 4.52 Å². The Bertz CT molecular complexity index is 538. The van der Waals surface area contributed by atoms with E-state index in [2.05, 4.69) is 10.1 Å². The van der Waals surface area contributed by atoms with E-state index >= 15 is 0 Å². The number of sulfone groups is 1. The molecule has 6 heteroatoms. The Labute approximate surface area is 94.5 Å². The Morgan fingerprint density at radius 2 is 2.12 bits per heavy atom. The summed E-state index contributed by atoms with van der Waals surface area (Å²) < 4.78 is 27.4. The number of hydrogen-bond acceptors (Lipinski definition) is 5. The van der Waals surface area contributed by atoms with Gasteiger partial charge in [-0.05, 0) is 26.7 Å². The molecule has 1 aliphatic rings. The van der Waals surface area contributed by atoms with E-state index in [4.69, 9.17) is 4.52 Å². The maximum absolute atomic E-state index is 11.6. The highest BCUT2D eigenvalue weighted by atomic mass is 32.2. The molecule has 0 aromatic carbocycles. The molecule has 1 aliphatic carbocycles. The van der Waals surface area contributed by atoms with Crippen LogP contribution in [0.3, 0.4) is 0 Å². The molecule has 1 aromatic rings. The van der Waals surface area contributed by atoms with Crippen LogP contribution >= 0.6 is 0 Å². The fraction of sp³-hybridized carbons (Fsp3) is 0.600. The zero-order valence-corrected chi connectivity index (χ0v) is 10.3. The summed E-state index contributed by atoms with van der Waals surface area (Å²) in [6.07, 6.45) is 4.23. The Balaban J connectivity index is 2.41. The lowest BCUT2D eigenvalue weighted by Gasteiger charge is -2.06. The quantitative estimate of drug-likeness (QED) is 0.803. The monoisotopic (exact) mass is 242 g/mol. The van der Waals surface area contributed by atoms with Crippen molar-refractivity contribution < 1.29 is 12.9 Å². The van der Waals surface area contributed by atoms with Crippen molar-refractivity contribution in [2.75, 3.05) is 6.26 Å². The molecule has 88 valence electrons. The molecule has 0 amide bonds. The molecule has 2 rings (SSSR count). The second-order valence-corrected chi connectivity index (χ2v) is 6.49. The van der Waals surface area contributed by atoms with E-state index < -0.39 is 14.6 Å². The number of allylic oxidation sites excluding steroid dienone is 2. The van der Waals surface area contributed by atoms with E-state index in [1.165, 1.54) is 6.26 Å². The molecule has 0 radical (unpaired) electrons. The third-order valence-corrected chi connectivity index (χ3v) is 5.03. The number of rotatable bonds is 3. The van der Waals surface area contributed by atoms with Gasteiger partial charge >= 0.3 is 0 Å². The standard InChI is InChI=1S/C10H14N2O3S/c1-4-7(2)8-11-9(12-15-8)10(5-6-10)16(3,13)14/h4H,5-6H2,1-3H3. The summed E-state index contributed by atoms with van der Waals surface area (Å²) in [5.74, 6) is 0.693. The highest BCUT2D eigenvalue weighted by Crippen LogP contribution is 2.51. The highest BCUT2D eigenvalue weighted by Gasteiger charge is 2.57. The molecular formula is C10H14N2O3S. The maximum atomic E-state index is 11.6. The molecule has 16 heavy (non-hydrogen) atoms. The second-order valence-electron chi connectivity index (χ2n) is 4.16. The summed E-state index contributed by atoms with van der Waals surface area (Å²) in [5, 5.41) is 3.78. The largest absolute Gasteiger partial charge is 0.334 e. The van der Waals surface area contributed by atoms with Gasteiger partial charge in [0.25, 0.3) is 5.89 Å². The molecule has 5 nitrogen and oxygen atoms in total. The van der Waals surface area contributed by atoms with Crippen molar-refractivity contribution in [2.24, 2.45) is 0 Å². The number of nitrogens with zero attached hydrogens (tertiary/aromatic N) is 2. The summed E-state index contributed by atoms with van der Waals surface area (Å²) >= 11 is 0. The van der Waals surface area contributed by atoms with Gasteiger partial charge in [-0.25, -0.2) is 8.42 Å². The zero-order valence-electron chi connectivity index (χ0n) is 9.52. The van der Waals surface area contributed by atoms with E-state index in [1.54, 1.807) is 0 Å². The molecule has 1 saturated carbocycles. The molecule has 1 fully saturated rings. The minimum Gasteiger partial charge on any atom is -0.334 e. The van der Waals surface area contributed by atoms with Crippen molar-refractivity contribution >= 4 is 15.4 Å². The smallest absolute Gasteiger partial charge is 0.253 e. The van der Waals surface area contributed by atoms with E-state index in [-0.39, 0.29) is 0 Å². The highest BCUT2D eigenvalue weighted by molar-refractivity contribution is 7.91. The van der Waals surface area contributed by atoms with E-state index in [0.29, 0.717) is 24.6 Å². The molecule has 0 N–H and O–H groups in total. The van der Waals surface area contributed by atoms with Crippen molar-refractivity contribution in [2.45, 2.75) is 31.4 Å². The van der Waals surface area contributed by atoms with Crippen LogP contribution < -0.4 is 0 Å².